The number of imidazole rings is 1. The maximum Gasteiger partial charge on any atom is 0.112 e. The third-order valence-electron chi connectivity index (χ3n) is 1.37. The average Bonchev–Trinajstić information content (AvgIpc) is 2.36. The molecule has 0 fully saturated rings. The second-order valence-electron chi connectivity index (χ2n) is 2.09. The van der Waals surface area contributed by atoms with E-state index in [1.807, 2.05) is 36.2 Å². The van der Waals surface area contributed by atoms with Crippen LogP contribution in [-0.2, 0) is 6.42 Å². The molecule has 0 aliphatic heterocycles. The topological polar surface area (TPSA) is 17.8 Å². The summed E-state index contributed by atoms with van der Waals surface area (Å²) in [4.78, 5) is 4.16. The molecule has 1 aromatic heterocycles. The van der Waals surface area contributed by atoms with Crippen LogP contribution >= 0.6 is 0 Å². The standard InChI is InChI=1S/C8H12N2/c1-3-6-10-7-5-9-8(10)4-2/h3,5-7H,4H2,1-2H3/b6-3-. The van der Waals surface area contributed by atoms with Crippen molar-refractivity contribution in [1.82, 2.24) is 9.55 Å². The fourth-order valence-electron chi connectivity index (χ4n) is 0.914. The van der Waals surface area contributed by atoms with Crippen molar-refractivity contribution in [2.24, 2.45) is 0 Å². The first-order valence-corrected chi connectivity index (χ1v) is 3.53. The molecule has 0 amide bonds. The van der Waals surface area contributed by atoms with E-state index in [0.29, 0.717) is 0 Å². The first-order valence-electron chi connectivity index (χ1n) is 3.53. The SMILES string of the molecule is C/C=C\n1ccnc1CC. The zero-order valence-electron chi connectivity index (χ0n) is 6.41. The third-order valence-corrected chi connectivity index (χ3v) is 1.37. The van der Waals surface area contributed by atoms with Gasteiger partial charge < -0.3 is 4.57 Å². The summed E-state index contributed by atoms with van der Waals surface area (Å²) in [7, 11) is 0. The van der Waals surface area contributed by atoms with Gasteiger partial charge in [0.15, 0.2) is 0 Å². The maximum absolute atomic E-state index is 4.16. The molecular weight excluding hydrogens is 124 g/mol. The Morgan fingerprint density at radius 1 is 1.70 bits per heavy atom. The lowest BCUT2D eigenvalue weighted by Gasteiger charge is -1.95. The molecule has 1 rings (SSSR count). The summed E-state index contributed by atoms with van der Waals surface area (Å²) >= 11 is 0. The van der Waals surface area contributed by atoms with Gasteiger partial charge in [0.25, 0.3) is 0 Å². The molecule has 54 valence electrons. The fraction of sp³-hybridized carbons (Fsp3) is 0.375. The highest BCUT2D eigenvalue weighted by Gasteiger charge is 1.93. The predicted octanol–water partition coefficient (Wildman–Crippen LogP) is 1.94. The Morgan fingerprint density at radius 2 is 2.50 bits per heavy atom. The summed E-state index contributed by atoms with van der Waals surface area (Å²) in [5, 5.41) is 0. The van der Waals surface area contributed by atoms with Crippen molar-refractivity contribution in [3.8, 4) is 0 Å². The molecule has 0 N–H and O–H groups in total. The Bertz CT molecular complexity index is 223. The van der Waals surface area contributed by atoms with Gasteiger partial charge in [0.2, 0.25) is 0 Å². The quantitative estimate of drug-likeness (QED) is 0.607. The lowest BCUT2D eigenvalue weighted by atomic mass is 10.4. The van der Waals surface area contributed by atoms with E-state index in [9.17, 15) is 0 Å². The van der Waals surface area contributed by atoms with Gasteiger partial charge in [0, 0.05) is 25.0 Å². The molecule has 10 heavy (non-hydrogen) atoms. The van der Waals surface area contributed by atoms with Crippen molar-refractivity contribution in [1.29, 1.82) is 0 Å². The Balaban J connectivity index is 2.90. The molecule has 0 bridgehead atoms. The molecule has 0 radical (unpaired) electrons. The molecule has 0 aliphatic carbocycles. The Kier molecular flexibility index (Phi) is 2.26. The van der Waals surface area contributed by atoms with Gasteiger partial charge in [-0.3, -0.25) is 0 Å². The number of rotatable bonds is 2. The maximum atomic E-state index is 4.16. The molecule has 1 aromatic rings. The van der Waals surface area contributed by atoms with E-state index in [2.05, 4.69) is 11.9 Å². The van der Waals surface area contributed by atoms with E-state index in [0.717, 1.165) is 12.2 Å². The summed E-state index contributed by atoms with van der Waals surface area (Å²) in [6, 6.07) is 0. The fourth-order valence-corrected chi connectivity index (χ4v) is 0.914. The van der Waals surface area contributed by atoms with Gasteiger partial charge in [-0.1, -0.05) is 13.0 Å². The molecular formula is C8H12N2. The summed E-state index contributed by atoms with van der Waals surface area (Å²) in [6.45, 7) is 4.10. The summed E-state index contributed by atoms with van der Waals surface area (Å²) in [5.41, 5.74) is 0. The van der Waals surface area contributed by atoms with E-state index in [-0.39, 0.29) is 0 Å². The van der Waals surface area contributed by atoms with Crippen LogP contribution in [0.25, 0.3) is 6.20 Å². The highest BCUT2D eigenvalue weighted by Crippen LogP contribution is 1.98. The largest absolute Gasteiger partial charge is 0.311 e. The van der Waals surface area contributed by atoms with Crippen LogP contribution < -0.4 is 0 Å². The lowest BCUT2D eigenvalue weighted by Crippen LogP contribution is -1.92. The minimum absolute atomic E-state index is 0.983. The third kappa shape index (κ3) is 1.26. The second-order valence-corrected chi connectivity index (χ2v) is 2.09. The van der Waals surface area contributed by atoms with Gasteiger partial charge in [-0.05, 0) is 6.92 Å². The van der Waals surface area contributed by atoms with E-state index in [1.54, 1.807) is 0 Å². The normalized spacial score (nSPS) is 11.0. The Hall–Kier alpha value is -1.05. The Labute approximate surface area is 61.2 Å². The lowest BCUT2D eigenvalue weighted by molar-refractivity contribution is 0.923. The van der Waals surface area contributed by atoms with Crippen LogP contribution in [0, 0.1) is 0 Å². The number of aromatic nitrogens is 2. The molecule has 0 saturated carbocycles. The molecule has 0 aromatic carbocycles. The van der Waals surface area contributed by atoms with Crippen LogP contribution in [-0.4, -0.2) is 9.55 Å². The highest BCUT2D eigenvalue weighted by atomic mass is 15.0. The highest BCUT2D eigenvalue weighted by molar-refractivity contribution is 5.23. The van der Waals surface area contributed by atoms with Crippen molar-refractivity contribution >= 4 is 6.20 Å². The van der Waals surface area contributed by atoms with E-state index < -0.39 is 0 Å². The van der Waals surface area contributed by atoms with Crippen LogP contribution in [0.4, 0.5) is 0 Å². The first-order chi connectivity index (χ1) is 4.88. The predicted molar refractivity (Wildman–Crippen MR) is 42.6 cm³/mol. The molecule has 2 nitrogen and oxygen atoms in total. The zero-order chi connectivity index (χ0) is 7.40. The molecule has 0 atom stereocenters. The zero-order valence-corrected chi connectivity index (χ0v) is 6.41. The second kappa shape index (κ2) is 3.20. The molecule has 0 unspecified atom stereocenters. The van der Waals surface area contributed by atoms with Crippen molar-refractivity contribution < 1.29 is 0 Å². The molecule has 0 spiro atoms. The van der Waals surface area contributed by atoms with Gasteiger partial charge in [-0.25, -0.2) is 4.98 Å². The van der Waals surface area contributed by atoms with Gasteiger partial charge in [0.05, 0.1) is 0 Å². The van der Waals surface area contributed by atoms with Crippen LogP contribution in [0.15, 0.2) is 18.5 Å². The molecule has 0 aliphatic rings. The smallest absolute Gasteiger partial charge is 0.112 e. The van der Waals surface area contributed by atoms with Gasteiger partial charge in [-0.15, -0.1) is 0 Å². The summed E-state index contributed by atoms with van der Waals surface area (Å²) < 4.78 is 2.03. The van der Waals surface area contributed by atoms with Crippen molar-refractivity contribution in [3.05, 3.63) is 24.3 Å². The number of hydrogen-bond donors (Lipinski definition) is 0. The Morgan fingerprint density at radius 3 is 3.10 bits per heavy atom. The minimum Gasteiger partial charge on any atom is -0.311 e. The van der Waals surface area contributed by atoms with Crippen LogP contribution in [0.3, 0.4) is 0 Å². The van der Waals surface area contributed by atoms with Crippen LogP contribution in [0.1, 0.15) is 19.7 Å². The first kappa shape index (κ1) is 7.06. The minimum atomic E-state index is 0.983. The van der Waals surface area contributed by atoms with E-state index in [4.69, 9.17) is 0 Å². The number of allylic oxidation sites excluding steroid dienone is 1. The number of aryl methyl sites for hydroxylation is 1. The van der Waals surface area contributed by atoms with E-state index in [1.165, 1.54) is 0 Å². The van der Waals surface area contributed by atoms with Gasteiger partial charge >= 0.3 is 0 Å². The summed E-state index contributed by atoms with van der Waals surface area (Å²) in [5.74, 6) is 1.11. The van der Waals surface area contributed by atoms with Crippen molar-refractivity contribution in [2.75, 3.05) is 0 Å². The monoisotopic (exact) mass is 136 g/mol. The van der Waals surface area contributed by atoms with Crippen molar-refractivity contribution in [2.45, 2.75) is 20.3 Å². The van der Waals surface area contributed by atoms with Crippen molar-refractivity contribution in [3.63, 3.8) is 0 Å². The molecule has 0 saturated heterocycles. The average molecular weight is 136 g/mol. The van der Waals surface area contributed by atoms with Crippen LogP contribution in [0.5, 0.6) is 0 Å². The summed E-state index contributed by atoms with van der Waals surface area (Å²) in [6.07, 6.45) is 8.77. The number of hydrogen-bond acceptors (Lipinski definition) is 1. The van der Waals surface area contributed by atoms with E-state index >= 15 is 0 Å². The van der Waals surface area contributed by atoms with Gasteiger partial charge in [0.1, 0.15) is 5.82 Å². The van der Waals surface area contributed by atoms with Gasteiger partial charge in [-0.2, -0.15) is 0 Å². The molecule has 1 heterocycles. The number of nitrogens with zero attached hydrogens (tertiary/aromatic N) is 2. The molecule has 2 heteroatoms. The van der Waals surface area contributed by atoms with Crippen LogP contribution in [0.2, 0.25) is 0 Å².